The van der Waals surface area contributed by atoms with Crippen LogP contribution in [0, 0.1) is 11.8 Å². The Morgan fingerprint density at radius 1 is 0.833 bits per heavy atom. The third kappa shape index (κ3) is 7.24. The highest BCUT2D eigenvalue weighted by Crippen LogP contribution is 2.18. The summed E-state index contributed by atoms with van der Waals surface area (Å²) >= 11 is 0. The standard InChI is InChI=1S/C23H29N3O4/c1-15(2)13-21(27)24-18-11-9-17(10-12-18)22(28)25-26-23(29)19-7-5-6-8-20(19)30-14-16(3)4/h5-12,15-16H,13-14H2,1-4H3,(H,24,27)(H,25,28)(H,26,29). The van der Waals surface area contributed by atoms with Gasteiger partial charge in [0, 0.05) is 17.7 Å². The van der Waals surface area contributed by atoms with E-state index in [1.54, 1.807) is 48.5 Å². The van der Waals surface area contributed by atoms with Gasteiger partial charge in [0.1, 0.15) is 5.75 Å². The Morgan fingerprint density at radius 3 is 2.10 bits per heavy atom. The molecule has 0 unspecified atom stereocenters. The predicted octanol–water partition coefficient (Wildman–Crippen LogP) is 3.78. The number of carbonyl (C=O) groups excluding carboxylic acids is 3. The van der Waals surface area contributed by atoms with E-state index in [1.165, 1.54) is 0 Å². The summed E-state index contributed by atoms with van der Waals surface area (Å²) in [7, 11) is 0. The quantitative estimate of drug-likeness (QED) is 0.576. The molecule has 0 spiro atoms. The Kier molecular flexibility index (Phi) is 8.41. The van der Waals surface area contributed by atoms with Crippen molar-refractivity contribution in [3.05, 3.63) is 59.7 Å². The number of hydrogen-bond donors (Lipinski definition) is 3. The molecule has 0 aliphatic heterocycles. The second kappa shape index (κ2) is 11.0. The molecule has 7 nitrogen and oxygen atoms in total. The summed E-state index contributed by atoms with van der Waals surface area (Å²) in [5.41, 5.74) is 6.09. The Bertz CT molecular complexity index is 876. The topological polar surface area (TPSA) is 96.5 Å². The van der Waals surface area contributed by atoms with Gasteiger partial charge in [0.05, 0.1) is 12.2 Å². The summed E-state index contributed by atoms with van der Waals surface area (Å²) in [6, 6.07) is 13.3. The minimum absolute atomic E-state index is 0.0761. The number of nitrogens with one attached hydrogen (secondary N) is 3. The number of rotatable bonds is 8. The van der Waals surface area contributed by atoms with E-state index in [-0.39, 0.29) is 11.8 Å². The molecule has 0 radical (unpaired) electrons. The van der Waals surface area contributed by atoms with E-state index in [0.29, 0.717) is 41.5 Å². The van der Waals surface area contributed by atoms with Crippen LogP contribution in [0.15, 0.2) is 48.5 Å². The molecule has 0 bridgehead atoms. The molecule has 2 aromatic carbocycles. The molecular weight excluding hydrogens is 382 g/mol. The van der Waals surface area contributed by atoms with Crippen molar-refractivity contribution >= 4 is 23.4 Å². The highest BCUT2D eigenvalue weighted by molar-refractivity contribution is 6.00. The monoisotopic (exact) mass is 411 g/mol. The molecule has 7 heteroatoms. The first-order valence-corrected chi connectivity index (χ1v) is 9.98. The molecule has 3 amide bonds. The zero-order chi connectivity index (χ0) is 22.1. The number of ether oxygens (including phenoxy) is 1. The minimum atomic E-state index is -0.472. The van der Waals surface area contributed by atoms with Gasteiger partial charge in [-0.15, -0.1) is 0 Å². The minimum Gasteiger partial charge on any atom is -0.492 e. The fraction of sp³-hybridized carbons (Fsp3) is 0.348. The smallest absolute Gasteiger partial charge is 0.273 e. The van der Waals surface area contributed by atoms with Gasteiger partial charge in [0.2, 0.25) is 5.91 Å². The van der Waals surface area contributed by atoms with Gasteiger partial charge in [-0.2, -0.15) is 0 Å². The number of hydrogen-bond acceptors (Lipinski definition) is 4. The van der Waals surface area contributed by atoms with Crippen LogP contribution in [0.25, 0.3) is 0 Å². The van der Waals surface area contributed by atoms with E-state index in [1.807, 2.05) is 27.7 Å². The van der Waals surface area contributed by atoms with E-state index in [4.69, 9.17) is 4.74 Å². The van der Waals surface area contributed by atoms with Crippen LogP contribution < -0.4 is 20.9 Å². The fourth-order valence-corrected chi connectivity index (χ4v) is 2.58. The van der Waals surface area contributed by atoms with Gasteiger partial charge in [0.25, 0.3) is 11.8 Å². The highest BCUT2D eigenvalue weighted by atomic mass is 16.5. The lowest BCUT2D eigenvalue weighted by molar-refractivity contribution is -0.116. The van der Waals surface area contributed by atoms with Crippen molar-refractivity contribution in [1.82, 2.24) is 10.9 Å². The van der Waals surface area contributed by atoms with Crippen molar-refractivity contribution in [1.29, 1.82) is 0 Å². The molecule has 160 valence electrons. The van der Waals surface area contributed by atoms with Crippen molar-refractivity contribution in [3.63, 3.8) is 0 Å². The Labute approximate surface area is 177 Å². The predicted molar refractivity (Wildman–Crippen MR) is 116 cm³/mol. The van der Waals surface area contributed by atoms with E-state index < -0.39 is 11.8 Å². The molecule has 30 heavy (non-hydrogen) atoms. The molecule has 0 heterocycles. The third-order valence-corrected chi connectivity index (χ3v) is 4.02. The highest BCUT2D eigenvalue weighted by Gasteiger charge is 2.14. The molecule has 0 saturated carbocycles. The van der Waals surface area contributed by atoms with Gasteiger partial charge in [-0.3, -0.25) is 25.2 Å². The molecular formula is C23H29N3O4. The second-order valence-corrected chi connectivity index (χ2v) is 7.83. The van der Waals surface area contributed by atoms with Crippen LogP contribution in [-0.2, 0) is 4.79 Å². The van der Waals surface area contributed by atoms with E-state index >= 15 is 0 Å². The van der Waals surface area contributed by atoms with E-state index in [0.717, 1.165) is 0 Å². The Morgan fingerprint density at radius 2 is 1.47 bits per heavy atom. The van der Waals surface area contributed by atoms with Gasteiger partial charge in [-0.25, -0.2) is 0 Å². The van der Waals surface area contributed by atoms with Gasteiger partial charge in [0.15, 0.2) is 0 Å². The first kappa shape index (κ1) is 22.9. The Balaban J connectivity index is 1.93. The number of carbonyl (C=O) groups is 3. The maximum atomic E-state index is 12.5. The van der Waals surface area contributed by atoms with Crippen molar-refractivity contribution in [2.75, 3.05) is 11.9 Å². The molecule has 0 saturated heterocycles. The first-order chi connectivity index (χ1) is 14.3. The number of para-hydroxylation sites is 1. The van der Waals surface area contributed by atoms with Gasteiger partial charge < -0.3 is 10.1 Å². The van der Waals surface area contributed by atoms with Crippen molar-refractivity contribution in [3.8, 4) is 5.75 Å². The van der Waals surface area contributed by atoms with Crippen LogP contribution in [0.2, 0.25) is 0 Å². The maximum Gasteiger partial charge on any atom is 0.273 e. The lowest BCUT2D eigenvalue weighted by Crippen LogP contribution is -2.41. The van der Waals surface area contributed by atoms with Gasteiger partial charge >= 0.3 is 0 Å². The third-order valence-electron chi connectivity index (χ3n) is 4.02. The summed E-state index contributed by atoms with van der Waals surface area (Å²) < 4.78 is 5.67. The normalized spacial score (nSPS) is 10.6. The van der Waals surface area contributed by atoms with Gasteiger partial charge in [-0.1, -0.05) is 39.8 Å². The molecule has 0 aromatic heterocycles. The molecule has 2 aromatic rings. The van der Waals surface area contributed by atoms with Crippen LogP contribution in [0.5, 0.6) is 5.75 Å². The van der Waals surface area contributed by atoms with Crippen LogP contribution in [0.3, 0.4) is 0 Å². The number of hydrazine groups is 1. The van der Waals surface area contributed by atoms with Gasteiger partial charge in [-0.05, 0) is 48.2 Å². The lowest BCUT2D eigenvalue weighted by Gasteiger charge is -2.13. The Hall–Kier alpha value is -3.35. The molecule has 2 rings (SSSR count). The number of benzene rings is 2. The van der Waals surface area contributed by atoms with Crippen molar-refractivity contribution in [2.24, 2.45) is 11.8 Å². The van der Waals surface area contributed by atoms with E-state index in [9.17, 15) is 14.4 Å². The average Bonchev–Trinajstić information content (AvgIpc) is 2.70. The maximum absolute atomic E-state index is 12.5. The zero-order valence-electron chi connectivity index (χ0n) is 17.8. The molecule has 0 aliphatic carbocycles. The molecule has 0 atom stereocenters. The van der Waals surface area contributed by atoms with Crippen molar-refractivity contribution in [2.45, 2.75) is 34.1 Å². The SMILES string of the molecule is CC(C)COc1ccccc1C(=O)NNC(=O)c1ccc(NC(=O)CC(C)C)cc1. The fourth-order valence-electron chi connectivity index (χ4n) is 2.58. The molecule has 0 aliphatic rings. The van der Waals surface area contributed by atoms with E-state index in [2.05, 4.69) is 16.2 Å². The molecule has 3 N–H and O–H groups in total. The van der Waals surface area contributed by atoms with Crippen molar-refractivity contribution < 1.29 is 19.1 Å². The number of anilines is 1. The average molecular weight is 412 g/mol. The first-order valence-electron chi connectivity index (χ1n) is 9.98. The van der Waals surface area contributed by atoms with Crippen LogP contribution in [0.1, 0.15) is 54.8 Å². The molecule has 0 fully saturated rings. The lowest BCUT2D eigenvalue weighted by atomic mass is 10.1. The summed E-state index contributed by atoms with van der Waals surface area (Å²) in [6.45, 7) is 8.46. The van der Waals surface area contributed by atoms with Crippen LogP contribution in [-0.4, -0.2) is 24.3 Å². The summed E-state index contributed by atoms with van der Waals surface area (Å²) in [6.07, 6.45) is 0.427. The largest absolute Gasteiger partial charge is 0.492 e. The summed E-state index contributed by atoms with van der Waals surface area (Å²) in [5, 5.41) is 2.78. The summed E-state index contributed by atoms with van der Waals surface area (Å²) in [4.78, 5) is 36.6. The van der Waals surface area contributed by atoms with Crippen LogP contribution in [0.4, 0.5) is 5.69 Å². The summed E-state index contributed by atoms with van der Waals surface area (Å²) in [5.74, 6) is 0.0232. The number of amides is 3. The van der Waals surface area contributed by atoms with Crippen LogP contribution >= 0.6 is 0 Å². The second-order valence-electron chi connectivity index (χ2n) is 7.83. The zero-order valence-corrected chi connectivity index (χ0v) is 17.8.